The van der Waals surface area contributed by atoms with Crippen LogP contribution in [0.25, 0.3) is 0 Å². The van der Waals surface area contributed by atoms with E-state index in [9.17, 15) is 21.6 Å². The molecular weight excluding hydrogens is 526 g/mol. The molecule has 1 saturated heterocycles. The van der Waals surface area contributed by atoms with Crippen LogP contribution in [0.4, 0.5) is 17.1 Å². The number of unbranched alkanes of at least 4 members (excludes halogenated alkanes) is 4. The molecule has 1 N–H and O–H groups in total. The van der Waals surface area contributed by atoms with E-state index in [1.165, 1.54) is 0 Å². The normalized spacial score (nSPS) is 15.9. The second-order valence-electron chi connectivity index (χ2n) is 9.93. The van der Waals surface area contributed by atoms with E-state index in [0.717, 1.165) is 43.2 Å². The molecule has 2 aliphatic rings. The van der Waals surface area contributed by atoms with Gasteiger partial charge in [-0.25, -0.2) is 16.8 Å². The minimum atomic E-state index is -3.61. The van der Waals surface area contributed by atoms with E-state index in [0.29, 0.717) is 51.4 Å². The van der Waals surface area contributed by atoms with E-state index < -0.39 is 19.9 Å². The third kappa shape index (κ3) is 6.86. The van der Waals surface area contributed by atoms with Crippen LogP contribution >= 0.6 is 0 Å². The summed E-state index contributed by atoms with van der Waals surface area (Å²) in [6, 6.07) is 10.1. The molecule has 2 aromatic carbocycles. The van der Waals surface area contributed by atoms with Crippen LogP contribution in [0.2, 0.25) is 0 Å². The van der Waals surface area contributed by atoms with Crippen molar-refractivity contribution in [2.45, 2.75) is 50.3 Å². The molecule has 0 unspecified atom stereocenters. The summed E-state index contributed by atoms with van der Waals surface area (Å²) in [5.41, 5.74) is 2.73. The van der Waals surface area contributed by atoms with E-state index in [-0.39, 0.29) is 27.8 Å². The second-order valence-corrected chi connectivity index (χ2v) is 13.8. The Morgan fingerprint density at radius 3 is 2.39 bits per heavy atom. The molecule has 0 radical (unpaired) electrons. The first-order chi connectivity index (χ1) is 18.1. The molecule has 1 amide bonds. The highest BCUT2D eigenvalue weighted by Gasteiger charge is 2.30. The Morgan fingerprint density at radius 1 is 0.947 bits per heavy atom. The van der Waals surface area contributed by atoms with E-state index in [4.69, 9.17) is 4.74 Å². The second kappa shape index (κ2) is 12.0. The number of hydrogen-bond acceptors (Lipinski definition) is 7. The highest BCUT2D eigenvalue weighted by atomic mass is 32.2. The Balaban J connectivity index is 1.58. The molecule has 2 aliphatic heterocycles. The summed E-state index contributed by atoms with van der Waals surface area (Å²) in [4.78, 5) is 17.8. The third-order valence-electron chi connectivity index (χ3n) is 6.97. The number of ether oxygens (including phenoxy) is 1. The van der Waals surface area contributed by atoms with Crippen LogP contribution in [-0.4, -0.2) is 67.6 Å². The maximum Gasteiger partial charge on any atom is 0.260 e. The Labute approximate surface area is 226 Å². The van der Waals surface area contributed by atoms with Crippen LogP contribution < -0.4 is 14.5 Å². The lowest BCUT2D eigenvalue weighted by atomic mass is 10.1. The van der Waals surface area contributed by atoms with Gasteiger partial charge in [0.1, 0.15) is 0 Å². The molecule has 2 heterocycles. The van der Waals surface area contributed by atoms with Crippen molar-refractivity contribution in [1.29, 1.82) is 0 Å². The van der Waals surface area contributed by atoms with Gasteiger partial charge in [-0.3, -0.25) is 9.52 Å². The molecule has 0 atom stereocenters. The largest absolute Gasteiger partial charge is 0.378 e. The molecule has 11 heteroatoms. The maximum atomic E-state index is 13.8. The molecule has 38 heavy (non-hydrogen) atoms. The number of anilines is 3. The van der Waals surface area contributed by atoms with Gasteiger partial charge in [0.15, 0.2) is 9.84 Å². The number of sulfone groups is 1. The van der Waals surface area contributed by atoms with Gasteiger partial charge in [-0.05, 0) is 54.8 Å². The summed E-state index contributed by atoms with van der Waals surface area (Å²) in [5.74, 6) is -0.218. The van der Waals surface area contributed by atoms with Gasteiger partial charge in [0.2, 0.25) is 10.0 Å². The van der Waals surface area contributed by atoms with Crippen molar-refractivity contribution in [2.24, 2.45) is 0 Å². The molecule has 0 aromatic heterocycles. The summed E-state index contributed by atoms with van der Waals surface area (Å²) in [5, 5.41) is 0. The lowest BCUT2D eigenvalue weighted by molar-refractivity contribution is 0.0990. The van der Waals surface area contributed by atoms with Gasteiger partial charge in [-0.2, -0.15) is 0 Å². The molecule has 0 aliphatic carbocycles. The number of rotatable bonds is 11. The number of amides is 1. The van der Waals surface area contributed by atoms with Gasteiger partial charge in [-0.15, -0.1) is 0 Å². The monoisotopic (exact) mass is 563 g/mol. The van der Waals surface area contributed by atoms with Gasteiger partial charge >= 0.3 is 0 Å². The number of carbonyl (C=O) groups is 1. The highest BCUT2D eigenvalue weighted by molar-refractivity contribution is 7.92. The Kier molecular flexibility index (Phi) is 9.00. The Morgan fingerprint density at radius 2 is 1.68 bits per heavy atom. The standard InChI is InChI=1S/C27H37N3O6S2/c1-3-4-5-6-7-18-38(34,35)23-9-11-26-21(19-23)12-13-30(26)27(31)24-20-22(29-14-16-36-17-15-29)8-10-25(24)28-37(2,32)33/h8-11,19-20,28H,3-7,12-18H2,1-2H3. The predicted molar refractivity (Wildman–Crippen MR) is 151 cm³/mol. The lowest BCUT2D eigenvalue weighted by Gasteiger charge is -2.30. The van der Waals surface area contributed by atoms with E-state index in [2.05, 4.69) is 16.5 Å². The lowest BCUT2D eigenvalue weighted by Crippen LogP contribution is -2.36. The van der Waals surface area contributed by atoms with Crippen molar-refractivity contribution in [1.82, 2.24) is 0 Å². The average molecular weight is 564 g/mol. The number of morpholine rings is 1. The summed E-state index contributed by atoms with van der Waals surface area (Å²) in [6.07, 6.45) is 6.37. The maximum absolute atomic E-state index is 13.8. The topological polar surface area (TPSA) is 113 Å². The SMILES string of the molecule is CCCCCCCS(=O)(=O)c1ccc2c(c1)CCN2C(=O)c1cc(N2CCOCC2)ccc1NS(C)(=O)=O. The Hall–Kier alpha value is -2.63. The number of hydrogen-bond donors (Lipinski definition) is 1. The van der Waals surface area contributed by atoms with Crippen molar-refractivity contribution in [3.63, 3.8) is 0 Å². The van der Waals surface area contributed by atoms with Crippen molar-refractivity contribution in [2.75, 3.05) is 59.4 Å². The number of benzene rings is 2. The fraction of sp³-hybridized carbons (Fsp3) is 0.519. The summed E-state index contributed by atoms with van der Waals surface area (Å²) < 4.78 is 57.8. The van der Waals surface area contributed by atoms with Crippen molar-refractivity contribution in [3.05, 3.63) is 47.5 Å². The quantitative estimate of drug-likeness (QED) is 0.413. The van der Waals surface area contributed by atoms with Gasteiger partial charge in [0.25, 0.3) is 5.91 Å². The Bertz CT molecular complexity index is 1370. The fourth-order valence-corrected chi connectivity index (χ4v) is 6.95. The summed E-state index contributed by atoms with van der Waals surface area (Å²) in [7, 11) is -7.01. The van der Waals surface area contributed by atoms with Crippen LogP contribution in [0.3, 0.4) is 0 Å². The molecule has 1 fully saturated rings. The molecular formula is C27H37N3O6S2. The first-order valence-electron chi connectivity index (χ1n) is 13.2. The molecule has 9 nitrogen and oxygen atoms in total. The van der Waals surface area contributed by atoms with Gasteiger partial charge in [0.05, 0.1) is 41.4 Å². The van der Waals surface area contributed by atoms with Crippen LogP contribution in [-0.2, 0) is 31.0 Å². The minimum Gasteiger partial charge on any atom is -0.378 e. The number of sulfonamides is 1. The minimum absolute atomic E-state index is 0.118. The van der Waals surface area contributed by atoms with Crippen LogP contribution in [0.15, 0.2) is 41.3 Å². The molecule has 0 bridgehead atoms. The number of nitrogens with zero attached hydrogens (tertiary/aromatic N) is 2. The molecule has 0 saturated carbocycles. The number of fused-ring (bicyclic) bond motifs is 1. The van der Waals surface area contributed by atoms with Crippen molar-refractivity contribution >= 4 is 42.8 Å². The van der Waals surface area contributed by atoms with E-state index >= 15 is 0 Å². The number of carbonyl (C=O) groups excluding carboxylic acids is 1. The molecule has 0 spiro atoms. The first kappa shape index (κ1) is 28.4. The summed E-state index contributed by atoms with van der Waals surface area (Å²) in [6.45, 7) is 5.02. The molecule has 208 valence electrons. The zero-order chi connectivity index (χ0) is 27.3. The third-order valence-corrected chi connectivity index (χ3v) is 9.36. The van der Waals surface area contributed by atoms with E-state index in [1.54, 1.807) is 41.3 Å². The van der Waals surface area contributed by atoms with Crippen LogP contribution in [0.1, 0.15) is 54.9 Å². The summed E-state index contributed by atoms with van der Waals surface area (Å²) >= 11 is 0. The zero-order valence-electron chi connectivity index (χ0n) is 22.1. The molecule has 2 aromatic rings. The highest BCUT2D eigenvalue weighted by Crippen LogP contribution is 2.34. The fourth-order valence-electron chi connectivity index (χ4n) is 4.96. The predicted octanol–water partition coefficient (Wildman–Crippen LogP) is 3.84. The first-order valence-corrected chi connectivity index (χ1v) is 16.8. The van der Waals surface area contributed by atoms with Crippen molar-refractivity contribution < 1.29 is 26.4 Å². The molecule has 4 rings (SSSR count). The zero-order valence-corrected chi connectivity index (χ0v) is 23.7. The van der Waals surface area contributed by atoms with Crippen LogP contribution in [0.5, 0.6) is 0 Å². The average Bonchev–Trinajstić information content (AvgIpc) is 3.31. The smallest absolute Gasteiger partial charge is 0.260 e. The van der Waals surface area contributed by atoms with Gasteiger partial charge < -0.3 is 14.5 Å². The van der Waals surface area contributed by atoms with Gasteiger partial charge in [0, 0.05) is 31.0 Å². The van der Waals surface area contributed by atoms with Crippen LogP contribution in [0, 0.1) is 0 Å². The number of nitrogens with one attached hydrogen (secondary N) is 1. The van der Waals surface area contributed by atoms with Crippen molar-refractivity contribution in [3.8, 4) is 0 Å². The van der Waals surface area contributed by atoms with Gasteiger partial charge in [-0.1, -0.05) is 32.6 Å². The van der Waals surface area contributed by atoms with E-state index in [1.807, 2.05) is 0 Å².